The third-order valence-corrected chi connectivity index (χ3v) is 4.64. The number of halogens is 1. The van der Waals surface area contributed by atoms with Gasteiger partial charge in [0.05, 0.1) is 0 Å². The Morgan fingerprint density at radius 1 is 1.40 bits per heavy atom. The molecule has 1 aromatic rings. The molecule has 2 rings (SSSR count). The Hall–Kier alpha value is -0.970. The lowest BCUT2D eigenvalue weighted by Gasteiger charge is -2.47. The maximum Gasteiger partial charge on any atom is 0.123 e. The summed E-state index contributed by atoms with van der Waals surface area (Å²) in [6.45, 7) is 8.10. The molecular formula is C16H26FN3. The van der Waals surface area contributed by atoms with Crippen LogP contribution in [0.1, 0.15) is 19.4 Å². The van der Waals surface area contributed by atoms with E-state index in [1.54, 1.807) is 12.1 Å². The van der Waals surface area contributed by atoms with Gasteiger partial charge in [0.15, 0.2) is 0 Å². The van der Waals surface area contributed by atoms with Crippen LogP contribution < -0.4 is 5.73 Å². The second-order valence-corrected chi connectivity index (χ2v) is 6.28. The largest absolute Gasteiger partial charge is 0.329 e. The van der Waals surface area contributed by atoms with E-state index >= 15 is 0 Å². The maximum absolute atomic E-state index is 13.4. The standard InChI is InChI=1S/C16H26FN3/c1-13-11-20(8-7-19(13)3)16(2,12-18)10-14-5-4-6-15(17)9-14/h4-6,9,13H,7-8,10-12,18H2,1-3H3. The van der Waals surface area contributed by atoms with Crippen LogP contribution in [0.5, 0.6) is 0 Å². The lowest BCUT2D eigenvalue weighted by molar-refractivity contribution is 0.0275. The van der Waals surface area contributed by atoms with Crippen LogP contribution in [0.2, 0.25) is 0 Å². The van der Waals surface area contributed by atoms with Gasteiger partial charge in [-0.15, -0.1) is 0 Å². The highest BCUT2D eigenvalue weighted by atomic mass is 19.1. The van der Waals surface area contributed by atoms with Gasteiger partial charge in [-0.05, 0) is 45.0 Å². The van der Waals surface area contributed by atoms with Crippen LogP contribution in [-0.2, 0) is 6.42 Å². The van der Waals surface area contributed by atoms with Crippen molar-refractivity contribution in [1.29, 1.82) is 0 Å². The maximum atomic E-state index is 13.4. The number of rotatable bonds is 4. The number of piperazine rings is 1. The molecule has 2 N–H and O–H groups in total. The van der Waals surface area contributed by atoms with Gasteiger partial charge in [-0.3, -0.25) is 4.90 Å². The first-order chi connectivity index (χ1) is 9.44. The lowest BCUT2D eigenvalue weighted by Crippen LogP contribution is -2.61. The average molecular weight is 279 g/mol. The van der Waals surface area contributed by atoms with Crippen LogP contribution in [-0.4, -0.2) is 54.6 Å². The van der Waals surface area contributed by atoms with Crippen molar-refractivity contribution in [2.45, 2.75) is 31.8 Å². The van der Waals surface area contributed by atoms with Gasteiger partial charge in [-0.25, -0.2) is 4.39 Å². The second-order valence-electron chi connectivity index (χ2n) is 6.28. The van der Waals surface area contributed by atoms with Crippen molar-refractivity contribution >= 4 is 0 Å². The fourth-order valence-electron chi connectivity index (χ4n) is 2.94. The molecule has 1 aliphatic rings. The molecule has 1 saturated heterocycles. The molecule has 1 fully saturated rings. The molecule has 112 valence electrons. The van der Waals surface area contributed by atoms with E-state index < -0.39 is 0 Å². The van der Waals surface area contributed by atoms with Crippen molar-refractivity contribution in [1.82, 2.24) is 9.80 Å². The summed E-state index contributed by atoms with van der Waals surface area (Å²) in [5, 5.41) is 0. The van der Waals surface area contributed by atoms with E-state index in [-0.39, 0.29) is 11.4 Å². The lowest BCUT2D eigenvalue weighted by atomic mass is 9.89. The molecule has 1 aromatic carbocycles. The Balaban J connectivity index is 2.12. The highest BCUT2D eigenvalue weighted by Crippen LogP contribution is 2.23. The topological polar surface area (TPSA) is 32.5 Å². The van der Waals surface area contributed by atoms with E-state index in [0.29, 0.717) is 12.6 Å². The third kappa shape index (κ3) is 3.37. The summed E-state index contributed by atoms with van der Waals surface area (Å²) in [6.07, 6.45) is 0.789. The average Bonchev–Trinajstić information content (AvgIpc) is 2.41. The van der Waals surface area contributed by atoms with Crippen molar-refractivity contribution in [2.75, 3.05) is 33.2 Å². The summed E-state index contributed by atoms with van der Waals surface area (Å²) in [5.74, 6) is -0.173. The van der Waals surface area contributed by atoms with Crippen molar-refractivity contribution in [3.05, 3.63) is 35.6 Å². The molecule has 0 bridgehead atoms. The molecule has 0 saturated carbocycles. The van der Waals surface area contributed by atoms with Gasteiger partial charge in [0.25, 0.3) is 0 Å². The van der Waals surface area contributed by atoms with Gasteiger partial charge in [-0.2, -0.15) is 0 Å². The van der Waals surface area contributed by atoms with E-state index in [1.807, 2.05) is 6.07 Å². The first kappa shape index (κ1) is 15.4. The highest BCUT2D eigenvalue weighted by Gasteiger charge is 2.34. The van der Waals surface area contributed by atoms with Gasteiger partial charge >= 0.3 is 0 Å². The molecule has 0 amide bonds. The van der Waals surface area contributed by atoms with E-state index in [9.17, 15) is 4.39 Å². The fourth-order valence-corrected chi connectivity index (χ4v) is 2.94. The van der Waals surface area contributed by atoms with E-state index in [2.05, 4.69) is 30.7 Å². The van der Waals surface area contributed by atoms with Crippen molar-refractivity contribution in [3.63, 3.8) is 0 Å². The van der Waals surface area contributed by atoms with Crippen LogP contribution in [0, 0.1) is 5.82 Å². The van der Waals surface area contributed by atoms with E-state index in [1.165, 1.54) is 6.07 Å². The molecule has 0 spiro atoms. The summed E-state index contributed by atoms with van der Waals surface area (Å²) in [4.78, 5) is 4.83. The Bertz CT molecular complexity index is 451. The SMILES string of the molecule is CC1CN(C(C)(CN)Cc2cccc(F)c2)CCN1C. The third-order valence-electron chi connectivity index (χ3n) is 4.64. The van der Waals surface area contributed by atoms with Crippen molar-refractivity contribution in [3.8, 4) is 0 Å². The minimum atomic E-state index is -0.173. The Kier molecular flexibility index (Phi) is 4.78. The number of hydrogen-bond donors (Lipinski definition) is 1. The van der Waals surface area contributed by atoms with E-state index in [4.69, 9.17) is 5.73 Å². The van der Waals surface area contributed by atoms with Crippen LogP contribution in [0.25, 0.3) is 0 Å². The van der Waals surface area contributed by atoms with Crippen molar-refractivity contribution in [2.24, 2.45) is 5.73 Å². The highest BCUT2D eigenvalue weighted by molar-refractivity contribution is 5.19. The molecular weight excluding hydrogens is 253 g/mol. The molecule has 1 aliphatic heterocycles. The van der Waals surface area contributed by atoms with Crippen molar-refractivity contribution < 1.29 is 4.39 Å². The number of nitrogens with zero attached hydrogens (tertiary/aromatic N) is 2. The molecule has 1 heterocycles. The molecule has 20 heavy (non-hydrogen) atoms. The van der Waals surface area contributed by atoms with Gasteiger partial charge in [0.2, 0.25) is 0 Å². The smallest absolute Gasteiger partial charge is 0.123 e. The molecule has 3 nitrogen and oxygen atoms in total. The Labute approximate surface area is 121 Å². The summed E-state index contributed by atoms with van der Waals surface area (Å²) >= 11 is 0. The number of likely N-dealkylation sites (N-methyl/N-ethyl adjacent to an activating group) is 1. The van der Waals surface area contributed by atoms with Crippen LogP contribution in [0.4, 0.5) is 4.39 Å². The zero-order valence-electron chi connectivity index (χ0n) is 12.8. The summed E-state index contributed by atoms with van der Waals surface area (Å²) < 4.78 is 13.4. The van der Waals surface area contributed by atoms with Crippen LogP contribution in [0.3, 0.4) is 0 Å². The monoisotopic (exact) mass is 279 g/mol. The summed E-state index contributed by atoms with van der Waals surface area (Å²) in [5.41, 5.74) is 6.97. The predicted molar refractivity (Wildman–Crippen MR) is 81.2 cm³/mol. The van der Waals surface area contributed by atoms with E-state index in [0.717, 1.165) is 31.6 Å². The Morgan fingerprint density at radius 3 is 2.75 bits per heavy atom. The Morgan fingerprint density at radius 2 is 2.15 bits per heavy atom. The van der Waals surface area contributed by atoms with Crippen LogP contribution in [0.15, 0.2) is 24.3 Å². The zero-order valence-corrected chi connectivity index (χ0v) is 12.8. The van der Waals surface area contributed by atoms with Gasteiger partial charge in [0, 0.05) is 37.8 Å². The van der Waals surface area contributed by atoms with Gasteiger partial charge in [-0.1, -0.05) is 12.1 Å². The zero-order chi connectivity index (χ0) is 14.8. The second kappa shape index (κ2) is 6.20. The summed E-state index contributed by atoms with van der Waals surface area (Å²) in [7, 11) is 2.16. The molecule has 0 radical (unpaired) electrons. The molecule has 4 heteroatoms. The molecule has 0 aromatic heterocycles. The predicted octanol–water partition coefficient (Wildman–Crippen LogP) is 1.72. The summed E-state index contributed by atoms with van der Waals surface area (Å²) in [6, 6.07) is 7.39. The quantitative estimate of drug-likeness (QED) is 0.911. The first-order valence-electron chi connectivity index (χ1n) is 7.34. The number of benzene rings is 1. The normalized spacial score (nSPS) is 24.6. The molecule has 2 atom stereocenters. The first-order valence-corrected chi connectivity index (χ1v) is 7.34. The number of nitrogens with two attached hydrogens (primary N) is 1. The fraction of sp³-hybridized carbons (Fsp3) is 0.625. The minimum Gasteiger partial charge on any atom is -0.329 e. The molecule has 2 unspecified atom stereocenters. The van der Waals surface area contributed by atoms with Gasteiger partial charge in [0.1, 0.15) is 5.82 Å². The molecule has 0 aliphatic carbocycles. The minimum absolute atomic E-state index is 0.108. The van der Waals surface area contributed by atoms with Crippen LogP contribution >= 0.6 is 0 Å². The van der Waals surface area contributed by atoms with Gasteiger partial charge < -0.3 is 10.6 Å². The number of hydrogen-bond acceptors (Lipinski definition) is 3.